The predicted octanol–water partition coefficient (Wildman–Crippen LogP) is 6.49. The van der Waals surface area contributed by atoms with Crippen molar-refractivity contribution in [2.75, 3.05) is 7.11 Å². The first-order chi connectivity index (χ1) is 17.6. The van der Waals surface area contributed by atoms with E-state index < -0.39 is 18.2 Å². The number of carbonyl (C=O) groups is 1. The van der Waals surface area contributed by atoms with Gasteiger partial charge in [0.25, 0.3) is 0 Å². The van der Waals surface area contributed by atoms with Gasteiger partial charge in [-0.2, -0.15) is 0 Å². The molecule has 2 aromatic carbocycles. The molecule has 0 saturated heterocycles. The van der Waals surface area contributed by atoms with Crippen LogP contribution in [0.1, 0.15) is 69.3 Å². The van der Waals surface area contributed by atoms with E-state index in [0.29, 0.717) is 0 Å². The summed E-state index contributed by atoms with van der Waals surface area (Å²) in [6.45, 7) is 8.35. The van der Waals surface area contributed by atoms with Crippen molar-refractivity contribution < 1.29 is 24.1 Å². The maximum Gasteiger partial charge on any atom is 0.308 e. The number of ether oxygens (including phenoxy) is 1. The second kappa shape index (κ2) is 12.7. The van der Waals surface area contributed by atoms with Gasteiger partial charge in [-0.25, -0.2) is 4.39 Å². The maximum atomic E-state index is 13.9. The summed E-state index contributed by atoms with van der Waals surface area (Å²) in [5.74, 6) is -0.656. The molecule has 6 heteroatoms. The molecular formula is C31H36FNO4. The van der Waals surface area contributed by atoms with E-state index in [0.717, 1.165) is 39.2 Å². The number of hydrogen-bond acceptors (Lipinski definition) is 5. The van der Waals surface area contributed by atoms with E-state index in [1.807, 2.05) is 36.4 Å². The lowest BCUT2D eigenvalue weighted by atomic mass is 9.84. The zero-order chi connectivity index (χ0) is 27.1. The first-order valence-electron chi connectivity index (χ1n) is 12.6. The number of hydrogen-bond donors (Lipinski definition) is 2. The first kappa shape index (κ1) is 28.2. The molecule has 196 valence electrons. The topological polar surface area (TPSA) is 79.7 Å². The van der Waals surface area contributed by atoms with Gasteiger partial charge in [0.1, 0.15) is 5.82 Å². The van der Waals surface area contributed by atoms with Crippen molar-refractivity contribution in [2.24, 2.45) is 0 Å². The highest BCUT2D eigenvalue weighted by molar-refractivity contribution is 5.91. The number of rotatable bonds is 10. The molecular weight excluding hydrogens is 469 g/mol. The van der Waals surface area contributed by atoms with Crippen LogP contribution >= 0.6 is 0 Å². The van der Waals surface area contributed by atoms with E-state index in [1.165, 1.54) is 19.2 Å². The molecule has 0 aliphatic carbocycles. The number of aliphatic hydroxyl groups is 2. The third-order valence-electron chi connectivity index (χ3n) is 6.21. The van der Waals surface area contributed by atoms with E-state index in [2.05, 4.69) is 32.4 Å². The first-order valence-corrected chi connectivity index (χ1v) is 12.6. The van der Waals surface area contributed by atoms with Gasteiger partial charge in [0.05, 0.1) is 37.1 Å². The van der Waals surface area contributed by atoms with Crippen molar-refractivity contribution in [3.8, 4) is 22.3 Å². The third kappa shape index (κ3) is 7.12. The molecule has 2 N–H and O–H groups in total. The Labute approximate surface area is 218 Å². The number of methoxy groups -OCH3 is 1. The molecule has 0 radical (unpaired) electrons. The summed E-state index contributed by atoms with van der Waals surface area (Å²) in [6, 6.07) is 16.4. The van der Waals surface area contributed by atoms with Gasteiger partial charge in [0.2, 0.25) is 0 Å². The van der Waals surface area contributed by atoms with Crippen LogP contribution in [0, 0.1) is 5.82 Å². The summed E-state index contributed by atoms with van der Waals surface area (Å²) in [5.41, 5.74) is 6.34. The van der Waals surface area contributed by atoms with Crippen molar-refractivity contribution in [2.45, 2.75) is 64.6 Å². The number of nitrogens with zero attached hydrogens (tertiary/aromatic N) is 1. The number of aliphatic hydroxyl groups excluding tert-OH is 2. The van der Waals surface area contributed by atoms with Gasteiger partial charge in [-0.3, -0.25) is 9.78 Å². The zero-order valence-electron chi connectivity index (χ0n) is 22.1. The molecule has 1 heterocycles. The number of carbonyl (C=O) groups excluding carboxylic acids is 1. The normalized spacial score (nSPS) is 13.4. The number of pyridine rings is 1. The summed E-state index contributed by atoms with van der Waals surface area (Å²) in [4.78, 5) is 16.6. The Balaban J connectivity index is 2.24. The molecule has 2 atom stereocenters. The van der Waals surface area contributed by atoms with E-state index in [4.69, 9.17) is 4.98 Å². The Morgan fingerprint density at radius 3 is 2.08 bits per heavy atom. The Hall–Kier alpha value is -3.35. The van der Waals surface area contributed by atoms with E-state index in [9.17, 15) is 19.4 Å². The molecule has 0 amide bonds. The van der Waals surface area contributed by atoms with Crippen LogP contribution in [0.2, 0.25) is 0 Å². The minimum absolute atomic E-state index is 0.0163. The summed E-state index contributed by atoms with van der Waals surface area (Å²) >= 11 is 0. The van der Waals surface area contributed by atoms with Gasteiger partial charge in [-0.15, -0.1) is 0 Å². The summed E-state index contributed by atoms with van der Waals surface area (Å²) in [5, 5.41) is 20.8. The molecule has 0 saturated carbocycles. The number of benzene rings is 2. The fraction of sp³-hybridized carbons (Fsp3) is 0.355. The molecule has 0 fully saturated rings. The fourth-order valence-corrected chi connectivity index (χ4v) is 4.40. The van der Waals surface area contributed by atoms with Crippen LogP contribution < -0.4 is 0 Å². The standard InChI is InChI=1S/C31H36FNO4/c1-19(2)30-26(16-15-24(34)17-25(35)18-27(36)37-5)28(22-11-13-23(32)14-12-22)29(31(33-30)20(3)4)21-9-7-6-8-10-21/h6-16,19-20,24-25,34-35H,17-18H2,1-5H3. The number of halogens is 1. The van der Waals surface area contributed by atoms with Crippen molar-refractivity contribution >= 4 is 12.0 Å². The summed E-state index contributed by atoms with van der Waals surface area (Å²) in [6.07, 6.45) is 1.20. The summed E-state index contributed by atoms with van der Waals surface area (Å²) < 4.78 is 18.5. The largest absolute Gasteiger partial charge is 0.469 e. The van der Waals surface area contributed by atoms with Crippen LogP contribution in [0.4, 0.5) is 4.39 Å². The highest BCUT2D eigenvalue weighted by Crippen LogP contribution is 2.42. The Morgan fingerprint density at radius 2 is 1.51 bits per heavy atom. The van der Waals surface area contributed by atoms with Crippen LogP contribution in [0.3, 0.4) is 0 Å². The molecule has 0 aliphatic rings. The van der Waals surface area contributed by atoms with Gasteiger partial charge in [-0.1, -0.05) is 82.3 Å². The number of aromatic nitrogens is 1. The van der Waals surface area contributed by atoms with Crippen LogP contribution in [0.15, 0.2) is 60.7 Å². The lowest BCUT2D eigenvalue weighted by Gasteiger charge is -2.24. The minimum atomic E-state index is -1.03. The molecule has 0 spiro atoms. The van der Waals surface area contributed by atoms with Crippen molar-refractivity contribution in [3.63, 3.8) is 0 Å². The Kier molecular flexibility index (Phi) is 9.73. The van der Waals surface area contributed by atoms with E-state index >= 15 is 0 Å². The van der Waals surface area contributed by atoms with Crippen LogP contribution in [0.25, 0.3) is 28.3 Å². The Morgan fingerprint density at radius 1 is 0.919 bits per heavy atom. The van der Waals surface area contributed by atoms with Gasteiger partial charge >= 0.3 is 5.97 Å². The highest BCUT2D eigenvalue weighted by atomic mass is 19.1. The molecule has 1 aromatic heterocycles. The SMILES string of the molecule is COC(=O)CC(O)CC(O)C=Cc1c(C(C)C)nc(C(C)C)c(-c2ccccc2)c1-c1ccc(F)cc1. The average Bonchev–Trinajstić information content (AvgIpc) is 2.87. The average molecular weight is 506 g/mol. The second-order valence-electron chi connectivity index (χ2n) is 9.82. The van der Waals surface area contributed by atoms with E-state index in [1.54, 1.807) is 18.2 Å². The second-order valence-corrected chi connectivity index (χ2v) is 9.82. The van der Waals surface area contributed by atoms with Crippen LogP contribution in [0.5, 0.6) is 0 Å². The maximum absolute atomic E-state index is 13.9. The van der Waals surface area contributed by atoms with Crippen LogP contribution in [-0.2, 0) is 9.53 Å². The highest BCUT2D eigenvalue weighted by Gasteiger charge is 2.24. The summed E-state index contributed by atoms with van der Waals surface area (Å²) in [7, 11) is 1.26. The minimum Gasteiger partial charge on any atom is -0.469 e. The molecule has 5 nitrogen and oxygen atoms in total. The van der Waals surface area contributed by atoms with E-state index in [-0.39, 0.29) is 30.5 Å². The molecule has 37 heavy (non-hydrogen) atoms. The van der Waals surface area contributed by atoms with Gasteiger partial charge < -0.3 is 14.9 Å². The van der Waals surface area contributed by atoms with Gasteiger partial charge in [0.15, 0.2) is 0 Å². The van der Waals surface area contributed by atoms with Gasteiger partial charge in [-0.05, 0) is 35.1 Å². The monoisotopic (exact) mass is 505 g/mol. The molecule has 0 bridgehead atoms. The lowest BCUT2D eigenvalue weighted by molar-refractivity contribution is -0.143. The molecule has 0 aliphatic heterocycles. The van der Waals surface area contributed by atoms with Crippen molar-refractivity contribution in [3.05, 3.63) is 83.4 Å². The molecule has 3 rings (SSSR count). The smallest absolute Gasteiger partial charge is 0.308 e. The lowest BCUT2D eigenvalue weighted by Crippen LogP contribution is -2.20. The molecule has 3 aromatic rings. The van der Waals surface area contributed by atoms with Crippen LogP contribution in [-0.4, -0.2) is 40.5 Å². The van der Waals surface area contributed by atoms with Crippen molar-refractivity contribution in [1.29, 1.82) is 0 Å². The van der Waals surface area contributed by atoms with Crippen molar-refractivity contribution in [1.82, 2.24) is 4.98 Å². The Bertz CT molecular complexity index is 1220. The van der Waals surface area contributed by atoms with Gasteiger partial charge in [0, 0.05) is 23.1 Å². The number of esters is 1. The molecule has 2 unspecified atom stereocenters. The predicted molar refractivity (Wildman–Crippen MR) is 146 cm³/mol. The fourth-order valence-electron chi connectivity index (χ4n) is 4.40. The zero-order valence-corrected chi connectivity index (χ0v) is 22.1. The quantitative estimate of drug-likeness (QED) is 0.308. The third-order valence-corrected chi connectivity index (χ3v) is 6.21.